The van der Waals surface area contributed by atoms with Crippen molar-refractivity contribution in [2.75, 3.05) is 13.6 Å². The second-order valence-corrected chi connectivity index (χ2v) is 7.37. The number of carbonyl (C=O) groups excluding carboxylic acids is 1. The lowest BCUT2D eigenvalue weighted by molar-refractivity contribution is 0.0794. The standard InChI is InChI=1S/C11H15Br2NOS/c1-7(2)4-5-14(3)11(15)9-6-8(12)10(13)16-9/h6-7H,4-5H2,1-3H3. The molecule has 16 heavy (non-hydrogen) atoms. The molecule has 1 aromatic rings. The highest BCUT2D eigenvalue weighted by Gasteiger charge is 2.16. The van der Waals surface area contributed by atoms with E-state index in [-0.39, 0.29) is 5.91 Å². The van der Waals surface area contributed by atoms with Crippen LogP contribution in [0.1, 0.15) is 29.9 Å². The Balaban J connectivity index is 2.63. The first kappa shape index (κ1) is 14.2. The Morgan fingerprint density at radius 3 is 2.56 bits per heavy atom. The van der Waals surface area contributed by atoms with Gasteiger partial charge < -0.3 is 4.90 Å². The molecule has 0 radical (unpaired) electrons. The molecule has 0 aromatic carbocycles. The van der Waals surface area contributed by atoms with Crippen LogP contribution in [0.4, 0.5) is 0 Å². The van der Waals surface area contributed by atoms with Crippen LogP contribution in [0.15, 0.2) is 14.3 Å². The van der Waals surface area contributed by atoms with Gasteiger partial charge in [-0.25, -0.2) is 0 Å². The third kappa shape index (κ3) is 3.86. The highest BCUT2D eigenvalue weighted by atomic mass is 79.9. The lowest BCUT2D eigenvalue weighted by Gasteiger charge is -2.17. The molecular weight excluding hydrogens is 354 g/mol. The van der Waals surface area contributed by atoms with Crippen molar-refractivity contribution >= 4 is 49.1 Å². The van der Waals surface area contributed by atoms with E-state index in [4.69, 9.17) is 0 Å². The molecule has 1 aromatic heterocycles. The molecule has 5 heteroatoms. The van der Waals surface area contributed by atoms with Crippen molar-refractivity contribution in [3.63, 3.8) is 0 Å². The lowest BCUT2D eigenvalue weighted by atomic mass is 10.1. The molecule has 0 unspecified atom stereocenters. The van der Waals surface area contributed by atoms with Gasteiger partial charge in [-0.1, -0.05) is 13.8 Å². The van der Waals surface area contributed by atoms with Crippen molar-refractivity contribution < 1.29 is 4.79 Å². The lowest BCUT2D eigenvalue weighted by Crippen LogP contribution is -2.27. The molecule has 0 aliphatic rings. The normalized spacial score (nSPS) is 10.9. The topological polar surface area (TPSA) is 20.3 Å². The van der Waals surface area contributed by atoms with Crippen molar-refractivity contribution in [2.24, 2.45) is 5.92 Å². The minimum Gasteiger partial charge on any atom is -0.341 e. The van der Waals surface area contributed by atoms with Crippen LogP contribution in [0.2, 0.25) is 0 Å². The fourth-order valence-electron chi connectivity index (χ4n) is 1.19. The van der Waals surface area contributed by atoms with Gasteiger partial charge in [-0.15, -0.1) is 11.3 Å². The molecule has 2 nitrogen and oxygen atoms in total. The van der Waals surface area contributed by atoms with Crippen LogP contribution in [-0.2, 0) is 0 Å². The van der Waals surface area contributed by atoms with Crippen molar-refractivity contribution in [2.45, 2.75) is 20.3 Å². The minimum atomic E-state index is 0.0945. The summed E-state index contributed by atoms with van der Waals surface area (Å²) in [4.78, 5) is 14.6. The SMILES string of the molecule is CC(C)CCN(C)C(=O)c1cc(Br)c(Br)s1. The van der Waals surface area contributed by atoms with Crippen molar-refractivity contribution in [3.05, 3.63) is 19.2 Å². The Hall–Kier alpha value is 0.130. The zero-order chi connectivity index (χ0) is 12.3. The van der Waals surface area contributed by atoms with Gasteiger partial charge in [0.05, 0.1) is 8.66 Å². The average Bonchev–Trinajstić information content (AvgIpc) is 2.54. The minimum absolute atomic E-state index is 0.0945. The predicted octanol–water partition coefficient (Wildman–Crippen LogP) is 4.39. The van der Waals surface area contributed by atoms with E-state index in [0.29, 0.717) is 5.92 Å². The molecule has 0 saturated carbocycles. The van der Waals surface area contributed by atoms with Crippen LogP contribution in [0, 0.1) is 5.92 Å². The molecule has 0 saturated heterocycles. The third-order valence-electron chi connectivity index (χ3n) is 2.24. The van der Waals surface area contributed by atoms with Crippen molar-refractivity contribution in [1.29, 1.82) is 0 Å². The maximum atomic E-state index is 12.0. The summed E-state index contributed by atoms with van der Waals surface area (Å²) in [7, 11) is 1.85. The summed E-state index contributed by atoms with van der Waals surface area (Å²) in [5, 5.41) is 0. The number of rotatable bonds is 4. The first-order valence-electron chi connectivity index (χ1n) is 5.12. The average molecular weight is 369 g/mol. The Kier molecular flexibility index (Phi) is 5.47. The molecule has 0 spiro atoms. The van der Waals surface area contributed by atoms with Crippen LogP contribution in [0.25, 0.3) is 0 Å². The number of thiophene rings is 1. The Labute approximate surface area is 117 Å². The second-order valence-electron chi connectivity index (χ2n) is 4.14. The van der Waals surface area contributed by atoms with Gasteiger partial charge in [0, 0.05) is 18.1 Å². The van der Waals surface area contributed by atoms with Gasteiger partial charge in [0.2, 0.25) is 0 Å². The number of nitrogens with zero attached hydrogens (tertiary/aromatic N) is 1. The van der Waals surface area contributed by atoms with E-state index in [0.717, 1.165) is 26.1 Å². The van der Waals surface area contributed by atoms with E-state index in [2.05, 4.69) is 45.7 Å². The second kappa shape index (κ2) is 6.17. The molecule has 1 heterocycles. The predicted molar refractivity (Wildman–Crippen MR) is 76.1 cm³/mol. The molecule has 0 aliphatic carbocycles. The number of hydrogen-bond acceptors (Lipinski definition) is 2. The van der Waals surface area contributed by atoms with Gasteiger partial charge in [-0.2, -0.15) is 0 Å². The molecular formula is C11H15Br2NOS. The van der Waals surface area contributed by atoms with Gasteiger partial charge in [0.25, 0.3) is 5.91 Å². The van der Waals surface area contributed by atoms with Crippen LogP contribution in [-0.4, -0.2) is 24.4 Å². The summed E-state index contributed by atoms with van der Waals surface area (Å²) in [5.74, 6) is 0.717. The molecule has 0 N–H and O–H groups in total. The van der Waals surface area contributed by atoms with Crippen LogP contribution >= 0.6 is 43.2 Å². The molecule has 0 atom stereocenters. The number of hydrogen-bond donors (Lipinski definition) is 0. The van der Waals surface area contributed by atoms with Crippen LogP contribution in [0.3, 0.4) is 0 Å². The molecule has 0 aliphatic heterocycles. The van der Waals surface area contributed by atoms with E-state index in [1.54, 1.807) is 4.90 Å². The molecule has 1 rings (SSSR count). The Morgan fingerprint density at radius 1 is 1.50 bits per heavy atom. The Morgan fingerprint density at radius 2 is 2.12 bits per heavy atom. The molecule has 1 amide bonds. The van der Waals surface area contributed by atoms with Gasteiger partial charge in [-0.3, -0.25) is 4.79 Å². The van der Waals surface area contributed by atoms with Crippen molar-refractivity contribution in [1.82, 2.24) is 4.90 Å². The van der Waals surface area contributed by atoms with Crippen LogP contribution < -0.4 is 0 Å². The zero-order valence-electron chi connectivity index (χ0n) is 9.59. The molecule has 0 fully saturated rings. The first-order chi connectivity index (χ1) is 7.41. The quantitative estimate of drug-likeness (QED) is 0.771. The highest BCUT2D eigenvalue weighted by Crippen LogP contribution is 2.32. The van der Waals surface area contributed by atoms with E-state index >= 15 is 0 Å². The zero-order valence-corrected chi connectivity index (χ0v) is 13.6. The third-order valence-corrected chi connectivity index (χ3v) is 5.49. The first-order valence-corrected chi connectivity index (χ1v) is 7.52. The number of amides is 1. The van der Waals surface area contributed by atoms with E-state index < -0.39 is 0 Å². The summed E-state index contributed by atoms with van der Waals surface area (Å²) < 4.78 is 1.91. The van der Waals surface area contributed by atoms with Gasteiger partial charge in [0.15, 0.2) is 0 Å². The van der Waals surface area contributed by atoms with E-state index in [1.165, 1.54) is 11.3 Å². The fourth-order valence-corrected chi connectivity index (χ4v) is 3.22. The summed E-state index contributed by atoms with van der Waals surface area (Å²) in [5.41, 5.74) is 0. The van der Waals surface area contributed by atoms with E-state index in [9.17, 15) is 4.79 Å². The van der Waals surface area contributed by atoms with E-state index in [1.807, 2.05) is 13.1 Å². The monoisotopic (exact) mass is 367 g/mol. The summed E-state index contributed by atoms with van der Waals surface area (Å²) >= 11 is 8.25. The Bertz CT molecular complexity index is 357. The highest BCUT2D eigenvalue weighted by molar-refractivity contribution is 9.13. The van der Waals surface area contributed by atoms with Gasteiger partial charge in [0.1, 0.15) is 0 Å². The van der Waals surface area contributed by atoms with Crippen molar-refractivity contribution in [3.8, 4) is 0 Å². The summed E-state index contributed by atoms with van der Waals surface area (Å²) in [6.45, 7) is 5.14. The smallest absolute Gasteiger partial charge is 0.263 e. The largest absolute Gasteiger partial charge is 0.341 e. The number of halogens is 2. The van der Waals surface area contributed by atoms with Gasteiger partial charge in [-0.05, 0) is 50.3 Å². The molecule has 0 bridgehead atoms. The number of carbonyl (C=O) groups is 1. The summed E-state index contributed by atoms with van der Waals surface area (Å²) in [6.07, 6.45) is 1.04. The maximum Gasteiger partial charge on any atom is 0.263 e. The molecule has 90 valence electrons. The van der Waals surface area contributed by atoms with Gasteiger partial charge >= 0.3 is 0 Å². The maximum absolute atomic E-state index is 12.0. The summed E-state index contributed by atoms with van der Waals surface area (Å²) in [6, 6.07) is 1.86. The van der Waals surface area contributed by atoms with Crippen LogP contribution in [0.5, 0.6) is 0 Å². The fraction of sp³-hybridized carbons (Fsp3) is 0.545.